The number of rotatable bonds is 3. The van der Waals surface area contributed by atoms with E-state index in [0.29, 0.717) is 17.8 Å². The van der Waals surface area contributed by atoms with Crippen LogP contribution in [-0.2, 0) is 9.53 Å². The number of methoxy groups -OCH3 is 1. The van der Waals surface area contributed by atoms with Crippen LogP contribution in [0.1, 0.15) is 31.7 Å². The van der Waals surface area contributed by atoms with Crippen LogP contribution >= 0.6 is 11.6 Å². The van der Waals surface area contributed by atoms with Crippen LogP contribution in [0.3, 0.4) is 0 Å². The summed E-state index contributed by atoms with van der Waals surface area (Å²) in [6, 6.07) is 8.21. The average Bonchev–Trinajstić information content (AvgIpc) is 2.78. The number of hydrogen-bond acceptors (Lipinski definition) is 3. The van der Waals surface area contributed by atoms with Crippen LogP contribution < -0.4 is 0 Å². The first-order valence-corrected chi connectivity index (χ1v) is 7.90. The van der Waals surface area contributed by atoms with Gasteiger partial charge in [0.1, 0.15) is 5.54 Å². The third-order valence-electron chi connectivity index (χ3n) is 5.34. The third kappa shape index (κ3) is 2.47. The second-order valence-electron chi connectivity index (χ2n) is 6.77. The van der Waals surface area contributed by atoms with Gasteiger partial charge >= 0.3 is 5.97 Å². The van der Waals surface area contributed by atoms with Crippen LogP contribution in [0.15, 0.2) is 24.3 Å². The minimum absolute atomic E-state index is 0.146. The van der Waals surface area contributed by atoms with Gasteiger partial charge in [-0.05, 0) is 55.7 Å². The molecule has 0 radical (unpaired) electrons. The molecule has 3 atom stereocenters. The quantitative estimate of drug-likeness (QED) is 0.802. The highest BCUT2D eigenvalue weighted by Crippen LogP contribution is 2.52. The number of benzene rings is 1. The van der Waals surface area contributed by atoms with Crippen molar-refractivity contribution < 1.29 is 9.53 Å². The molecule has 0 bridgehead atoms. The van der Waals surface area contributed by atoms with Crippen molar-refractivity contribution in [1.82, 2.24) is 4.90 Å². The first kappa shape index (κ1) is 14.9. The van der Waals surface area contributed by atoms with E-state index in [4.69, 9.17) is 16.3 Å². The summed E-state index contributed by atoms with van der Waals surface area (Å²) in [5.41, 5.74) is 0.842. The fourth-order valence-electron chi connectivity index (χ4n) is 3.84. The van der Waals surface area contributed by atoms with Crippen LogP contribution in [0.25, 0.3) is 0 Å². The predicted molar refractivity (Wildman–Crippen MR) is 83.5 cm³/mol. The van der Waals surface area contributed by atoms with Gasteiger partial charge in [0.25, 0.3) is 0 Å². The Morgan fingerprint density at radius 3 is 2.57 bits per heavy atom. The zero-order valence-corrected chi connectivity index (χ0v) is 13.6. The van der Waals surface area contributed by atoms with Gasteiger partial charge in [0, 0.05) is 18.1 Å². The Bertz CT molecular complexity index is 540. The number of nitrogens with zero attached hydrogens (tertiary/aromatic N) is 1. The molecule has 4 heteroatoms. The lowest BCUT2D eigenvalue weighted by Gasteiger charge is -2.40. The summed E-state index contributed by atoms with van der Waals surface area (Å²) in [7, 11) is 1.46. The molecule has 1 heterocycles. The van der Waals surface area contributed by atoms with Crippen LogP contribution in [0.2, 0.25) is 5.02 Å². The second-order valence-corrected chi connectivity index (χ2v) is 7.21. The molecule has 21 heavy (non-hydrogen) atoms. The van der Waals surface area contributed by atoms with Gasteiger partial charge in [0.15, 0.2) is 0 Å². The van der Waals surface area contributed by atoms with E-state index in [-0.39, 0.29) is 5.97 Å². The fourth-order valence-corrected chi connectivity index (χ4v) is 3.96. The van der Waals surface area contributed by atoms with Gasteiger partial charge in [-0.15, -0.1) is 0 Å². The fraction of sp³-hybridized carbons (Fsp3) is 0.588. The minimum atomic E-state index is -0.531. The molecule has 2 fully saturated rings. The van der Waals surface area contributed by atoms with Crippen LogP contribution in [-0.4, -0.2) is 36.6 Å². The molecule has 0 unspecified atom stereocenters. The molecule has 1 aromatic carbocycles. The zero-order valence-electron chi connectivity index (χ0n) is 12.8. The number of carbonyl (C=O) groups is 1. The van der Waals surface area contributed by atoms with Gasteiger partial charge in [-0.1, -0.05) is 23.7 Å². The largest absolute Gasteiger partial charge is 0.468 e. The summed E-state index contributed by atoms with van der Waals surface area (Å²) in [5, 5.41) is 0.787. The molecule has 0 spiro atoms. The van der Waals surface area contributed by atoms with Gasteiger partial charge in [0.05, 0.1) is 7.11 Å². The Hall–Kier alpha value is -1.06. The minimum Gasteiger partial charge on any atom is -0.468 e. The van der Waals surface area contributed by atoms with E-state index >= 15 is 0 Å². The Morgan fingerprint density at radius 1 is 1.29 bits per heavy atom. The molecular formula is C17H22ClNO2. The molecule has 1 aliphatic heterocycles. The van der Waals surface area contributed by atoms with Crippen molar-refractivity contribution in [2.75, 3.05) is 20.2 Å². The van der Waals surface area contributed by atoms with E-state index in [1.807, 2.05) is 26.0 Å². The standard InChI is InChI=1S/C17H22ClNO2/c1-17(2,16(20)21-3)19-9-12-8-14(15(12)10-19)11-4-6-13(18)7-5-11/h4-7,12,14-15H,8-10H2,1-3H3/t12-,14-,15+/m0/s1. The molecule has 0 N–H and O–H groups in total. The number of halogens is 1. The summed E-state index contributed by atoms with van der Waals surface area (Å²) in [6.07, 6.45) is 1.21. The summed E-state index contributed by atoms with van der Waals surface area (Å²) in [6.45, 7) is 5.89. The van der Waals surface area contributed by atoms with Gasteiger partial charge in [-0.2, -0.15) is 0 Å². The van der Waals surface area contributed by atoms with E-state index in [2.05, 4.69) is 17.0 Å². The van der Waals surface area contributed by atoms with E-state index in [1.54, 1.807) is 0 Å². The summed E-state index contributed by atoms with van der Waals surface area (Å²) in [4.78, 5) is 14.2. The molecule has 0 amide bonds. The molecule has 1 saturated heterocycles. The van der Waals surface area contributed by atoms with Crippen molar-refractivity contribution in [2.45, 2.75) is 31.7 Å². The Balaban J connectivity index is 1.70. The Kier molecular flexibility index (Phi) is 3.74. The highest BCUT2D eigenvalue weighted by atomic mass is 35.5. The van der Waals surface area contributed by atoms with Crippen molar-refractivity contribution >= 4 is 17.6 Å². The van der Waals surface area contributed by atoms with E-state index < -0.39 is 5.54 Å². The number of carbonyl (C=O) groups excluding carboxylic acids is 1. The topological polar surface area (TPSA) is 29.5 Å². The van der Waals surface area contributed by atoms with Gasteiger partial charge < -0.3 is 4.74 Å². The van der Waals surface area contributed by atoms with Crippen LogP contribution in [0, 0.1) is 11.8 Å². The predicted octanol–water partition coefficient (Wildman–Crippen LogP) is 3.33. The molecule has 1 saturated carbocycles. The molecule has 3 rings (SSSR count). The smallest absolute Gasteiger partial charge is 0.325 e. The highest BCUT2D eigenvalue weighted by molar-refractivity contribution is 6.30. The number of ether oxygens (including phenoxy) is 1. The number of likely N-dealkylation sites (tertiary alicyclic amines) is 1. The zero-order chi connectivity index (χ0) is 15.2. The third-order valence-corrected chi connectivity index (χ3v) is 5.59. The van der Waals surface area contributed by atoms with Gasteiger partial charge in [-0.25, -0.2) is 0 Å². The lowest BCUT2D eigenvalue weighted by atomic mass is 9.64. The van der Waals surface area contributed by atoms with Crippen molar-refractivity contribution in [2.24, 2.45) is 11.8 Å². The first-order valence-electron chi connectivity index (χ1n) is 7.52. The van der Waals surface area contributed by atoms with Crippen molar-refractivity contribution in [3.63, 3.8) is 0 Å². The summed E-state index contributed by atoms with van der Waals surface area (Å²) in [5.74, 6) is 1.81. The maximum atomic E-state index is 12.0. The SMILES string of the molecule is COC(=O)C(C)(C)N1C[C@@H]2C[C@@H](c3ccc(Cl)cc3)[C@@H]2C1. The Morgan fingerprint density at radius 2 is 1.95 bits per heavy atom. The molecule has 0 aromatic heterocycles. The maximum Gasteiger partial charge on any atom is 0.325 e. The summed E-state index contributed by atoms with van der Waals surface area (Å²) >= 11 is 5.96. The summed E-state index contributed by atoms with van der Waals surface area (Å²) < 4.78 is 4.95. The number of hydrogen-bond donors (Lipinski definition) is 0. The number of esters is 1. The maximum absolute atomic E-state index is 12.0. The van der Waals surface area contributed by atoms with Crippen molar-refractivity contribution in [3.8, 4) is 0 Å². The van der Waals surface area contributed by atoms with E-state index in [9.17, 15) is 4.79 Å². The molecule has 2 aliphatic rings. The second kappa shape index (κ2) is 5.29. The van der Waals surface area contributed by atoms with E-state index in [0.717, 1.165) is 18.1 Å². The van der Waals surface area contributed by atoms with E-state index in [1.165, 1.54) is 19.1 Å². The van der Waals surface area contributed by atoms with Crippen molar-refractivity contribution in [3.05, 3.63) is 34.9 Å². The number of fused-ring (bicyclic) bond motifs is 1. The first-order chi connectivity index (χ1) is 9.93. The van der Waals surface area contributed by atoms with Crippen LogP contribution in [0.5, 0.6) is 0 Å². The Labute approximate surface area is 131 Å². The van der Waals surface area contributed by atoms with Crippen LogP contribution in [0.4, 0.5) is 0 Å². The lowest BCUT2D eigenvalue weighted by Crippen LogP contribution is -2.49. The molecule has 1 aliphatic carbocycles. The normalized spacial score (nSPS) is 28.9. The molecule has 1 aromatic rings. The highest BCUT2D eigenvalue weighted by Gasteiger charge is 2.52. The average molecular weight is 308 g/mol. The molecule has 114 valence electrons. The van der Waals surface area contributed by atoms with Gasteiger partial charge in [0.2, 0.25) is 0 Å². The lowest BCUT2D eigenvalue weighted by molar-refractivity contribution is -0.152. The molecular weight excluding hydrogens is 286 g/mol. The molecule has 3 nitrogen and oxygen atoms in total. The van der Waals surface area contributed by atoms with Crippen molar-refractivity contribution in [1.29, 1.82) is 0 Å². The monoisotopic (exact) mass is 307 g/mol. The van der Waals surface area contributed by atoms with Gasteiger partial charge in [-0.3, -0.25) is 9.69 Å².